The summed E-state index contributed by atoms with van der Waals surface area (Å²) in [5.41, 5.74) is 3.33. The maximum absolute atomic E-state index is 12.9. The Morgan fingerprint density at radius 3 is 2.20 bits per heavy atom. The van der Waals surface area contributed by atoms with Gasteiger partial charge in [0.1, 0.15) is 11.1 Å². The third-order valence-corrected chi connectivity index (χ3v) is 9.04. The van der Waals surface area contributed by atoms with Crippen molar-refractivity contribution in [1.29, 1.82) is 0 Å². The van der Waals surface area contributed by atoms with Crippen molar-refractivity contribution in [2.24, 2.45) is 0 Å². The number of nitrogens with one attached hydrogen (secondary N) is 2. The van der Waals surface area contributed by atoms with Crippen LogP contribution in [-0.2, 0) is 21.4 Å². The van der Waals surface area contributed by atoms with E-state index < -0.39 is 10.0 Å². The van der Waals surface area contributed by atoms with Gasteiger partial charge in [0.15, 0.2) is 0 Å². The SMILES string of the molecule is COc1ccc(NS(=O)(=O)c2ccc(NC(=O)c3ccc([C@@H]4SCC(=O)N4Cc4ccccc4)cc3)cc2)cc1. The van der Waals surface area contributed by atoms with Gasteiger partial charge in [0.2, 0.25) is 5.91 Å². The maximum atomic E-state index is 12.9. The molecule has 1 aliphatic rings. The van der Waals surface area contributed by atoms with Gasteiger partial charge in [0.25, 0.3) is 15.9 Å². The molecule has 0 radical (unpaired) electrons. The van der Waals surface area contributed by atoms with Crippen LogP contribution in [0.4, 0.5) is 11.4 Å². The minimum absolute atomic E-state index is 0.0642. The molecular weight excluding hydrogens is 546 g/mol. The van der Waals surface area contributed by atoms with Gasteiger partial charge in [-0.05, 0) is 71.8 Å². The van der Waals surface area contributed by atoms with E-state index in [9.17, 15) is 18.0 Å². The minimum atomic E-state index is -3.81. The number of hydrogen-bond donors (Lipinski definition) is 2. The van der Waals surface area contributed by atoms with Gasteiger partial charge in [-0.3, -0.25) is 14.3 Å². The highest BCUT2D eigenvalue weighted by molar-refractivity contribution is 8.00. The highest BCUT2D eigenvalue weighted by Gasteiger charge is 2.32. The van der Waals surface area contributed by atoms with Crippen LogP contribution in [0.2, 0.25) is 0 Å². The lowest BCUT2D eigenvalue weighted by atomic mass is 10.1. The Kier molecular flexibility index (Phi) is 8.09. The molecule has 0 aliphatic carbocycles. The van der Waals surface area contributed by atoms with Gasteiger partial charge in [0.05, 0.1) is 17.8 Å². The van der Waals surface area contributed by atoms with Crippen LogP contribution in [0.25, 0.3) is 0 Å². The molecular formula is C30H27N3O5S2. The maximum Gasteiger partial charge on any atom is 0.261 e. The zero-order chi connectivity index (χ0) is 28.1. The molecule has 8 nitrogen and oxygen atoms in total. The molecule has 1 saturated heterocycles. The minimum Gasteiger partial charge on any atom is -0.497 e. The molecule has 1 aliphatic heterocycles. The van der Waals surface area contributed by atoms with Crippen LogP contribution in [0.15, 0.2) is 108 Å². The van der Waals surface area contributed by atoms with Crippen molar-refractivity contribution in [2.45, 2.75) is 16.8 Å². The van der Waals surface area contributed by atoms with E-state index in [0.717, 1.165) is 11.1 Å². The summed E-state index contributed by atoms with van der Waals surface area (Å²) in [5, 5.41) is 2.68. The lowest BCUT2D eigenvalue weighted by Crippen LogP contribution is -2.27. The van der Waals surface area contributed by atoms with E-state index in [0.29, 0.717) is 35.0 Å². The largest absolute Gasteiger partial charge is 0.497 e. The summed E-state index contributed by atoms with van der Waals surface area (Å²) < 4.78 is 33.1. The van der Waals surface area contributed by atoms with Crippen LogP contribution >= 0.6 is 11.8 Å². The Labute approximate surface area is 237 Å². The summed E-state index contributed by atoms with van der Waals surface area (Å²) in [7, 11) is -2.27. The standard InChI is InChI=1S/C30H27N3O5S2/c1-38-26-15-11-25(12-16-26)32-40(36,37)27-17-13-24(14-18-27)31-29(35)22-7-9-23(10-8-22)30-33(28(34)20-39-30)19-21-5-3-2-4-6-21/h2-18,30,32H,19-20H2,1H3,(H,31,35)/t30-/m0/s1. The number of thioether (sulfide) groups is 1. The Morgan fingerprint density at radius 2 is 1.55 bits per heavy atom. The van der Waals surface area contributed by atoms with E-state index in [1.54, 1.807) is 48.2 Å². The molecule has 40 heavy (non-hydrogen) atoms. The van der Waals surface area contributed by atoms with Gasteiger partial charge in [-0.1, -0.05) is 42.5 Å². The number of anilines is 2. The second-order valence-electron chi connectivity index (χ2n) is 9.11. The molecule has 1 heterocycles. The Morgan fingerprint density at radius 1 is 0.900 bits per heavy atom. The van der Waals surface area contributed by atoms with E-state index in [1.807, 2.05) is 47.4 Å². The van der Waals surface area contributed by atoms with Gasteiger partial charge in [-0.2, -0.15) is 0 Å². The number of carbonyl (C=O) groups excluding carboxylic acids is 2. The normalized spacial score (nSPS) is 15.1. The number of carbonyl (C=O) groups is 2. The second-order valence-corrected chi connectivity index (χ2v) is 11.9. The fourth-order valence-electron chi connectivity index (χ4n) is 4.27. The monoisotopic (exact) mass is 573 g/mol. The number of methoxy groups -OCH3 is 1. The first-order valence-corrected chi connectivity index (χ1v) is 15.0. The predicted molar refractivity (Wildman–Crippen MR) is 157 cm³/mol. The van der Waals surface area contributed by atoms with Crippen LogP contribution in [0.5, 0.6) is 5.75 Å². The van der Waals surface area contributed by atoms with Crippen LogP contribution in [0.3, 0.4) is 0 Å². The van der Waals surface area contributed by atoms with Gasteiger partial charge >= 0.3 is 0 Å². The molecule has 1 fully saturated rings. The van der Waals surface area contributed by atoms with Crippen molar-refractivity contribution in [3.63, 3.8) is 0 Å². The number of hydrogen-bond acceptors (Lipinski definition) is 6. The number of rotatable bonds is 9. The van der Waals surface area contributed by atoms with E-state index in [2.05, 4.69) is 10.0 Å². The van der Waals surface area contributed by atoms with E-state index >= 15 is 0 Å². The summed E-state index contributed by atoms with van der Waals surface area (Å²) in [6, 6.07) is 29.5. The zero-order valence-corrected chi connectivity index (χ0v) is 23.2. The topological polar surface area (TPSA) is 105 Å². The molecule has 4 aromatic rings. The van der Waals surface area contributed by atoms with Gasteiger partial charge in [-0.15, -0.1) is 11.8 Å². The first-order valence-electron chi connectivity index (χ1n) is 12.5. The molecule has 4 aromatic carbocycles. The second kappa shape index (κ2) is 11.8. The van der Waals surface area contributed by atoms with Crippen LogP contribution < -0.4 is 14.8 Å². The van der Waals surface area contributed by atoms with Gasteiger partial charge in [0, 0.05) is 23.5 Å². The molecule has 0 unspecified atom stereocenters. The van der Waals surface area contributed by atoms with E-state index in [1.165, 1.54) is 31.4 Å². The zero-order valence-electron chi connectivity index (χ0n) is 21.6. The Hall–Kier alpha value is -4.28. The molecule has 1 atom stereocenters. The number of nitrogens with zero attached hydrogens (tertiary/aromatic N) is 1. The number of sulfonamides is 1. The highest BCUT2D eigenvalue weighted by atomic mass is 32.2. The molecule has 0 spiro atoms. The van der Waals surface area contributed by atoms with E-state index in [4.69, 9.17) is 4.74 Å². The molecule has 204 valence electrons. The first-order chi connectivity index (χ1) is 19.3. The van der Waals surface area contributed by atoms with Crippen molar-refractivity contribution < 1.29 is 22.7 Å². The molecule has 5 rings (SSSR count). The quantitative estimate of drug-likeness (QED) is 0.273. The fourth-order valence-corrected chi connectivity index (χ4v) is 6.52. The summed E-state index contributed by atoms with van der Waals surface area (Å²) in [5.74, 6) is 0.802. The third kappa shape index (κ3) is 6.30. The lowest BCUT2D eigenvalue weighted by molar-refractivity contribution is -0.128. The van der Waals surface area contributed by atoms with Crippen LogP contribution in [-0.4, -0.2) is 38.0 Å². The van der Waals surface area contributed by atoms with Crippen molar-refractivity contribution in [3.8, 4) is 5.75 Å². The molecule has 10 heteroatoms. The molecule has 2 N–H and O–H groups in total. The Bertz CT molecular complexity index is 1590. The van der Waals surface area contributed by atoms with Crippen molar-refractivity contribution in [3.05, 3.63) is 120 Å². The van der Waals surface area contributed by atoms with Crippen molar-refractivity contribution >= 4 is 45.0 Å². The molecule has 0 aromatic heterocycles. The van der Waals surface area contributed by atoms with Gasteiger partial charge in [-0.25, -0.2) is 8.42 Å². The average molecular weight is 574 g/mol. The number of amides is 2. The number of ether oxygens (including phenoxy) is 1. The van der Waals surface area contributed by atoms with Crippen molar-refractivity contribution in [2.75, 3.05) is 22.9 Å². The van der Waals surface area contributed by atoms with Crippen LogP contribution in [0.1, 0.15) is 26.9 Å². The van der Waals surface area contributed by atoms with Crippen molar-refractivity contribution in [1.82, 2.24) is 4.90 Å². The molecule has 0 bridgehead atoms. The average Bonchev–Trinajstić information content (AvgIpc) is 3.33. The third-order valence-electron chi connectivity index (χ3n) is 6.39. The van der Waals surface area contributed by atoms with Crippen LogP contribution in [0, 0.1) is 0 Å². The first kappa shape index (κ1) is 27.3. The fraction of sp³-hybridized carbons (Fsp3) is 0.133. The summed E-state index contributed by atoms with van der Waals surface area (Å²) in [6.45, 7) is 0.529. The number of benzene rings is 4. The van der Waals surface area contributed by atoms with Gasteiger partial charge < -0.3 is 15.0 Å². The lowest BCUT2D eigenvalue weighted by Gasteiger charge is -2.24. The smallest absolute Gasteiger partial charge is 0.261 e. The molecule has 2 amide bonds. The summed E-state index contributed by atoms with van der Waals surface area (Å²) in [4.78, 5) is 27.3. The molecule has 0 saturated carbocycles. The highest BCUT2D eigenvalue weighted by Crippen LogP contribution is 2.39. The summed E-state index contributed by atoms with van der Waals surface area (Å²) >= 11 is 1.57. The Balaban J connectivity index is 1.22. The van der Waals surface area contributed by atoms with E-state index in [-0.39, 0.29) is 22.1 Å². The summed E-state index contributed by atoms with van der Waals surface area (Å²) in [6.07, 6.45) is 0. The predicted octanol–water partition coefficient (Wildman–Crippen LogP) is 5.52.